The Morgan fingerprint density at radius 2 is 1.50 bits per heavy atom. The Kier molecular flexibility index (Phi) is 3.13. The summed E-state index contributed by atoms with van der Waals surface area (Å²) in [6, 6.07) is 6.11. The van der Waals surface area contributed by atoms with Crippen LogP contribution in [0.25, 0.3) is 0 Å². The van der Waals surface area contributed by atoms with Gasteiger partial charge < -0.3 is 14.6 Å². The predicted octanol–water partition coefficient (Wildman–Crippen LogP) is 2.49. The van der Waals surface area contributed by atoms with Crippen molar-refractivity contribution in [3.8, 4) is 17.2 Å². The van der Waals surface area contributed by atoms with Crippen LogP contribution in [-0.4, -0.2) is 30.9 Å². The lowest BCUT2D eigenvalue weighted by atomic mass is 9.82. The van der Waals surface area contributed by atoms with E-state index in [9.17, 15) is 14.7 Å². The zero-order chi connectivity index (χ0) is 16.0. The van der Waals surface area contributed by atoms with Crippen LogP contribution in [0.5, 0.6) is 17.2 Å². The van der Waals surface area contributed by atoms with Crippen molar-refractivity contribution < 1.29 is 24.2 Å². The fourth-order valence-electron chi connectivity index (χ4n) is 2.74. The second-order valence-electron chi connectivity index (χ2n) is 5.12. The first-order chi connectivity index (χ1) is 10.5. The molecule has 112 valence electrons. The molecule has 0 atom stereocenters. The van der Waals surface area contributed by atoms with Crippen LogP contribution in [0, 0.1) is 6.92 Å². The fourth-order valence-corrected chi connectivity index (χ4v) is 2.74. The predicted molar refractivity (Wildman–Crippen MR) is 79.3 cm³/mol. The van der Waals surface area contributed by atoms with Gasteiger partial charge in [0.15, 0.2) is 11.6 Å². The van der Waals surface area contributed by atoms with E-state index in [0.29, 0.717) is 11.3 Å². The summed E-state index contributed by atoms with van der Waals surface area (Å²) >= 11 is 0. The zero-order valence-corrected chi connectivity index (χ0v) is 12.4. The Hall–Kier alpha value is -2.82. The zero-order valence-electron chi connectivity index (χ0n) is 12.4. The van der Waals surface area contributed by atoms with Gasteiger partial charge >= 0.3 is 0 Å². The van der Waals surface area contributed by atoms with Gasteiger partial charge in [0.2, 0.25) is 0 Å². The first kappa shape index (κ1) is 14.1. The molecule has 5 heteroatoms. The summed E-state index contributed by atoms with van der Waals surface area (Å²) in [6.07, 6.45) is 0. The van der Waals surface area contributed by atoms with Gasteiger partial charge in [0.05, 0.1) is 25.3 Å². The number of aromatic hydroxyl groups is 1. The summed E-state index contributed by atoms with van der Waals surface area (Å²) in [5.41, 5.74) is 1.30. The van der Waals surface area contributed by atoms with Crippen LogP contribution in [0.4, 0.5) is 0 Å². The van der Waals surface area contributed by atoms with E-state index in [1.807, 2.05) is 0 Å². The van der Waals surface area contributed by atoms with E-state index in [-0.39, 0.29) is 39.5 Å². The van der Waals surface area contributed by atoms with Crippen LogP contribution in [-0.2, 0) is 0 Å². The molecule has 0 radical (unpaired) electrons. The number of carbonyl (C=O) groups excluding carboxylic acids is 2. The van der Waals surface area contributed by atoms with Crippen LogP contribution in [0.1, 0.15) is 37.4 Å². The van der Waals surface area contributed by atoms with E-state index < -0.39 is 5.78 Å². The minimum absolute atomic E-state index is 0.0263. The van der Waals surface area contributed by atoms with Gasteiger partial charge in [0.25, 0.3) is 0 Å². The van der Waals surface area contributed by atoms with Gasteiger partial charge in [-0.05, 0) is 30.7 Å². The first-order valence-corrected chi connectivity index (χ1v) is 6.67. The maximum absolute atomic E-state index is 12.8. The van der Waals surface area contributed by atoms with Gasteiger partial charge in [-0.25, -0.2) is 0 Å². The molecule has 0 aromatic heterocycles. The SMILES string of the molecule is COc1cc(OC)c2c(c1)C(=O)c1c(O)cc(C)cc1C2=O. The van der Waals surface area contributed by atoms with Gasteiger partial charge in [0.1, 0.15) is 17.2 Å². The fraction of sp³-hybridized carbons (Fsp3) is 0.176. The van der Waals surface area contributed by atoms with Gasteiger partial charge in [-0.15, -0.1) is 0 Å². The lowest BCUT2D eigenvalue weighted by Crippen LogP contribution is -2.22. The molecular formula is C17H14O5. The third-order valence-corrected chi connectivity index (χ3v) is 3.74. The Labute approximate surface area is 127 Å². The summed E-state index contributed by atoms with van der Waals surface area (Å²) in [6.45, 7) is 1.75. The molecule has 22 heavy (non-hydrogen) atoms. The molecule has 0 heterocycles. The molecule has 5 nitrogen and oxygen atoms in total. The number of hydrogen-bond donors (Lipinski definition) is 1. The standard InChI is InChI=1S/C17H14O5/c1-8-4-10-14(12(18)5-8)16(19)11-6-9(21-2)7-13(22-3)15(11)17(10)20/h4-7,18H,1-3H3. The van der Waals surface area contributed by atoms with Gasteiger partial charge in [-0.1, -0.05) is 0 Å². The topological polar surface area (TPSA) is 72.8 Å². The molecule has 0 spiro atoms. The highest BCUT2D eigenvalue weighted by molar-refractivity contribution is 6.30. The average molecular weight is 298 g/mol. The van der Waals surface area contributed by atoms with Crippen molar-refractivity contribution in [2.75, 3.05) is 14.2 Å². The molecule has 0 unspecified atom stereocenters. The molecule has 2 aromatic carbocycles. The number of hydrogen-bond acceptors (Lipinski definition) is 5. The summed E-state index contributed by atoms with van der Waals surface area (Å²) < 4.78 is 10.4. The van der Waals surface area contributed by atoms with Crippen LogP contribution in [0.2, 0.25) is 0 Å². The highest BCUT2D eigenvalue weighted by Crippen LogP contribution is 2.39. The quantitative estimate of drug-likeness (QED) is 0.787. The molecule has 0 fully saturated rings. The largest absolute Gasteiger partial charge is 0.507 e. The smallest absolute Gasteiger partial charge is 0.198 e. The number of benzene rings is 2. The summed E-state index contributed by atoms with van der Waals surface area (Å²) in [5.74, 6) is -0.269. The van der Waals surface area contributed by atoms with E-state index in [4.69, 9.17) is 9.47 Å². The maximum Gasteiger partial charge on any atom is 0.198 e. The molecule has 0 saturated heterocycles. The molecule has 0 amide bonds. The Bertz CT molecular complexity index is 820. The lowest BCUT2D eigenvalue weighted by Gasteiger charge is -2.21. The lowest BCUT2D eigenvalue weighted by molar-refractivity contribution is 0.0973. The van der Waals surface area contributed by atoms with E-state index in [1.54, 1.807) is 19.1 Å². The summed E-state index contributed by atoms with van der Waals surface area (Å²) in [7, 11) is 2.89. The first-order valence-electron chi connectivity index (χ1n) is 6.67. The van der Waals surface area contributed by atoms with E-state index in [2.05, 4.69) is 0 Å². The molecule has 3 rings (SSSR count). The van der Waals surface area contributed by atoms with Crippen molar-refractivity contribution >= 4 is 11.6 Å². The van der Waals surface area contributed by atoms with Crippen molar-refractivity contribution in [2.24, 2.45) is 0 Å². The van der Waals surface area contributed by atoms with E-state index in [1.165, 1.54) is 26.4 Å². The van der Waals surface area contributed by atoms with Crippen molar-refractivity contribution in [2.45, 2.75) is 6.92 Å². The Morgan fingerprint density at radius 1 is 0.864 bits per heavy atom. The Morgan fingerprint density at radius 3 is 2.14 bits per heavy atom. The minimum Gasteiger partial charge on any atom is -0.507 e. The molecule has 1 aliphatic carbocycles. The molecule has 1 aliphatic rings. The number of methoxy groups -OCH3 is 2. The summed E-state index contributed by atoms with van der Waals surface area (Å²) in [5, 5.41) is 10.1. The van der Waals surface area contributed by atoms with Crippen molar-refractivity contribution in [3.05, 3.63) is 52.1 Å². The molecule has 1 N–H and O–H groups in total. The van der Waals surface area contributed by atoms with Crippen molar-refractivity contribution in [1.29, 1.82) is 0 Å². The van der Waals surface area contributed by atoms with E-state index >= 15 is 0 Å². The highest BCUT2D eigenvalue weighted by atomic mass is 16.5. The molecular weight excluding hydrogens is 284 g/mol. The molecule has 0 aliphatic heterocycles. The third-order valence-electron chi connectivity index (χ3n) is 3.74. The number of phenols is 1. The van der Waals surface area contributed by atoms with Crippen molar-refractivity contribution in [1.82, 2.24) is 0 Å². The number of phenolic OH excluding ortho intramolecular Hbond substituents is 1. The highest BCUT2D eigenvalue weighted by Gasteiger charge is 2.35. The number of aryl methyl sites for hydroxylation is 1. The number of fused-ring (bicyclic) bond motifs is 2. The number of rotatable bonds is 2. The van der Waals surface area contributed by atoms with Gasteiger partial charge in [0, 0.05) is 17.2 Å². The normalized spacial score (nSPS) is 12.7. The minimum atomic E-state index is -0.417. The monoisotopic (exact) mass is 298 g/mol. The summed E-state index contributed by atoms with van der Waals surface area (Å²) in [4.78, 5) is 25.5. The molecule has 0 saturated carbocycles. The van der Waals surface area contributed by atoms with Gasteiger partial charge in [-0.2, -0.15) is 0 Å². The number of ether oxygens (including phenoxy) is 2. The van der Waals surface area contributed by atoms with Crippen LogP contribution in [0.3, 0.4) is 0 Å². The molecule has 2 aromatic rings. The van der Waals surface area contributed by atoms with Gasteiger partial charge in [-0.3, -0.25) is 9.59 Å². The van der Waals surface area contributed by atoms with Crippen molar-refractivity contribution in [3.63, 3.8) is 0 Å². The van der Waals surface area contributed by atoms with Crippen LogP contribution in [0.15, 0.2) is 24.3 Å². The second-order valence-corrected chi connectivity index (χ2v) is 5.12. The van der Waals surface area contributed by atoms with Crippen LogP contribution < -0.4 is 9.47 Å². The maximum atomic E-state index is 12.8. The number of ketones is 2. The third kappa shape index (κ3) is 1.86. The second kappa shape index (κ2) is 4.87. The van der Waals surface area contributed by atoms with E-state index in [0.717, 1.165) is 0 Å². The van der Waals surface area contributed by atoms with Crippen LogP contribution >= 0.6 is 0 Å². The molecule has 0 bridgehead atoms. The average Bonchev–Trinajstić information content (AvgIpc) is 2.50. The Balaban J connectivity index is 2.36. The number of carbonyl (C=O) groups is 2.